The minimum atomic E-state index is -0.0654. The highest BCUT2D eigenvalue weighted by molar-refractivity contribution is 5.90. The van der Waals surface area contributed by atoms with E-state index in [0.717, 1.165) is 30.3 Å². The van der Waals surface area contributed by atoms with E-state index < -0.39 is 0 Å². The Morgan fingerprint density at radius 1 is 1.50 bits per heavy atom. The molecule has 0 spiro atoms. The van der Waals surface area contributed by atoms with Crippen LogP contribution in [0.15, 0.2) is 30.6 Å². The van der Waals surface area contributed by atoms with Gasteiger partial charge in [0, 0.05) is 17.8 Å². The van der Waals surface area contributed by atoms with Gasteiger partial charge in [-0.2, -0.15) is 0 Å². The Kier molecular flexibility index (Phi) is 3.54. The first-order chi connectivity index (χ1) is 9.79. The van der Waals surface area contributed by atoms with Gasteiger partial charge in [0.15, 0.2) is 0 Å². The second kappa shape index (κ2) is 5.49. The van der Waals surface area contributed by atoms with Crippen LogP contribution in [-0.4, -0.2) is 22.5 Å². The molecule has 1 aliphatic carbocycles. The minimum absolute atomic E-state index is 0.0160. The molecule has 1 N–H and O–H groups in total. The van der Waals surface area contributed by atoms with E-state index in [1.54, 1.807) is 0 Å². The van der Waals surface area contributed by atoms with Crippen molar-refractivity contribution < 1.29 is 9.53 Å². The first-order valence-electron chi connectivity index (χ1n) is 7.07. The van der Waals surface area contributed by atoms with Gasteiger partial charge in [-0.1, -0.05) is 6.08 Å². The van der Waals surface area contributed by atoms with Crippen LogP contribution in [0.1, 0.15) is 31.7 Å². The first kappa shape index (κ1) is 12.9. The monoisotopic (exact) mass is 270 g/mol. The number of H-pyrrole nitrogens is 1. The van der Waals surface area contributed by atoms with Crippen LogP contribution in [0.2, 0.25) is 0 Å². The van der Waals surface area contributed by atoms with Gasteiger partial charge in [-0.25, -0.2) is 4.98 Å². The van der Waals surface area contributed by atoms with Gasteiger partial charge in [-0.05, 0) is 49.5 Å². The highest BCUT2D eigenvalue weighted by atomic mass is 16.5. The summed E-state index contributed by atoms with van der Waals surface area (Å²) >= 11 is 0. The van der Waals surface area contributed by atoms with Crippen LogP contribution in [0.3, 0.4) is 0 Å². The number of fused-ring (bicyclic) bond motifs is 1. The Balaban J connectivity index is 1.83. The molecule has 20 heavy (non-hydrogen) atoms. The number of carbonyl (C=O) groups excluding carboxylic acids is 1. The molecule has 0 fully saturated rings. The quantitative estimate of drug-likeness (QED) is 0.870. The van der Waals surface area contributed by atoms with E-state index in [0.29, 0.717) is 6.61 Å². The van der Waals surface area contributed by atoms with Crippen LogP contribution in [0.25, 0.3) is 16.6 Å². The van der Waals surface area contributed by atoms with Crippen molar-refractivity contribution in [3.63, 3.8) is 0 Å². The molecule has 3 rings (SSSR count). The molecule has 0 saturated heterocycles. The molecule has 2 heterocycles. The first-order valence-corrected chi connectivity index (χ1v) is 7.07. The molecule has 0 saturated carbocycles. The van der Waals surface area contributed by atoms with Crippen LogP contribution < -0.4 is 0 Å². The molecule has 2 aromatic rings. The smallest absolute Gasteiger partial charge is 0.309 e. The summed E-state index contributed by atoms with van der Waals surface area (Å²) in [7, 11) is 0. The molecule has 4 heteroatoms. The summed E-state index contributed by atoms with van der Waals surface area (Å²) in [5.74, 6) is -0.0495. The fraction of sp³-hybridized carbons (Fsp3) is 0.375. The van der Waals surface area contributed by atoms with E-state index in [2.05, 4.69) is 22.1 Å². The van der Waals surface area contributed by atoms with Gasteiger partial charge in [0.2, 0.25) is 0 Å². The average Bonchev–Trinajstić information content (AvgIpc) is 2.96. The SMILES string of the molecule is CCOC(=O)C1CC=C(c2ccnc3[nH]ccc23)CC1. The van der Waals surface area contributed by atoms with Gasteiger partial charge >= 0.3 is 5.97 Å². The largest absolute Gasteiger partial charge is 0.466 e. The Bertz CT molecular complexity index is 657. The molecule has 0 amide bonds. The number of nitrogens with zero attached hydrogens (tertiary/aromatic N) is 1. The summed E-state index contributed by atoms with van der Waals surface area (Å²) in [4.78, 5) is 19.2. The third-order valence-electron chi connectivity index (χ3n) is 3.84. The normalized spacial score (nSPS) is 18.9. The molecule has 0 bridgehead atoms. The molecule has 104 valence electrons. The summed E-state index contributed by atoms with van der Waals surface area (Å²) in [6.45, 7) is 2.31. The van der Waals surface area contributed by atoms with E-state index in [9.17, 15) is 4.79 Å². The molecular weight excluding hydrogens is 252 g/mol. The number of aromatic nitrogens is 2. The lowest BCUT2D eigenvalue weighted by Crippen LogP contribution is -2.19. The van der Waals surface area contributed by atoms with Crippen molar-refractivity contribution in [2.75, 3.05) is 6.61 Å². The lowest BCUT2D eigenvalue weighted by molar-refractivity contribution is -0.148. The van der Waals surface area contributed by atoms with Crippen molar-refractivity contribution in [1.82, 2.24) is 9.97 Å². The topological polar surface area (TPSA) is 55.0 Å². The zero-order valence-corrected chi connectivity index (χ0v) is 11.6. The molecule has 0 aliphatic heterocycles. The highest BCUT2D eigenvalue weighted by Crippen LogP contribution is 2.33. The van der Waals surface area contributed by atoms with Gasteiger partial charge in [-0.3, -0.25) is 4.79 Å². The van der Waals surface area contributed by atoms with Crippen molar-refractivity contribution in [3.05, 3.63) is 36.2 Å². The van der Waals surface area contributed by atoms with E-state index >= 15 is 0 Å². The van der Waals surface area contributed by atoms with E-state index in [1.165, 1.54) is 11.1 Å². The molecule has 0 radical (unpaired) electrons. The Morgan fingerprint density at radius 2 is 2.40 bits per heavy atom. The average molecular weight is 270 g/mol. The molecule has 1 aliphatic rings. The van der Waals surface area contributed by atoms with Crippen LogP contribution >= 0.6 is 0 Å². The number of nitrogens with one attached hydrogen (secondary N) is 1. The van der Waals surface area contributed by atoms with E-state index in [-0.39, 0.29) is 11.9 Å². The maximum atomic E-state index is 11.7. The van der Waals surface area contributed by atoms with Gasteiger partial charge in [0.25, 0.3) is 0 Å². The van der Waals surface area contributed by atoms with Gasteiger partial charge < -0.3 is 9.72 Å². The van der Waals surface area contributed by atoms with Gasteiger partial charge in [0.1, 0.15) is 5.65 Å². The van der Waals surface area contributed by atoms with E-state index in [1.807, 2.05) is 25.4 Å². The molecule has 1 unspecified atom stereocenters. The number of aromatic amines is 1. The summed E-state index contributed by atoms with van der Waals surface area (Å²) < 4.78 is 5.10. The third-order valence-corrected chi connectivity index (χ3v) is 3.84. The Hall–Kier alpha value is -2.10. The summed E-state index contributed by atoms with van der Waals surface area (Å²) in [5.41, 5.74) is 3.44. The molecule has 1 atom stereocenters. The zero-order chi connectivity index (χ0) is 13.9. The number of hydrogen-bond donors (Lipinski definition) is 1. The maximum absolute atomic E-state index is 11.7. The van der Waals surface area contributed by atoms with Crippen molar-refractivity contribution in [1.29, 1.82) is 0 Å². The third kappa shape index (κ3) is 2.33. The molecule has 0 aromatic carbocycles. The number of pyridine rings is 1. The van der Waals surface area contributed by atoms with Gasteiger partial charge in [0.05, 0.1) is 12.5 Å². The lowest BCUT2D eigenvalue weighted by atomic mass is 9.86. The Labute approximate surface area is 117 Å². The predicted molar refractivity (Wildman–Crippen MR) is 78.0 cm³/mol. The maximum Gasteiger partial charge on any atom is 0.309 e. The number of ether oxygens (including phenoxy) is 1. The summed E-state index contributed by atoms with van der Waals surface area (Å²) in [6, 6.07) is 4.10. The van der Waals surface area contributed by atoms with Gasteiger partial charge in [-0.15, -0.1) is 0 Å². The zero-order valence-electron chi connectivity index (χ0n) is 11.6. The standard InChI is InChI=1S/C16H18N2O2/c1-2-20-16(19)12-5-3-11(4-6-12)13-7-9-17-15-14(13)8-10-18-15/h3,7-10,12H,2,4-6H2,1H3,(H,17,18). The van der Waals surface area contributed by atoms with Crippen molar-refractivity contribution in [2.24, 2.45) is 5.92 Å². The van der Waals surface area contributed by atoms with Crippen LogP contribution in [0.5, 0.6) is 0 Å². The number of rotatable bonds is 3. The number of hydrogen-bond acceptors (Lipinski definition) is 3. The fourth-order valence-corrected chi connectivity index (χ4v) is 2.79. The van der Waals surface area contributed by atoms with Crippen molar-refractivity contribution >= 4 is 22.6 Å². The van der Waals surface area contributed by atoms with Crippen LogP contribution in [0, 0.1) is 5.92 Å². The number of carbonyl (C=O) groups is 1. The Morgan fingerprint density at radius 3 is 3.15 bits per heavy atom. The summed E-state index contributed by atoms with van der Waals surface area (Å²) in [5, 5.41) is 1.15. The lowest BCUT2D eigenvalue weighted by Gasteiger charge is -2.21. The van der Waals surface area contributed by atoms with E-state index in [4.69, 9.17) is 4.74 Å². The molecular formula is C16H18N2O2. The van der Waals surface area contributed by atoms with Crippen LogP contribution in [0.4, 0.5) is 0 Å². The highest BCUT2D eigenvalue weighted by Gasteiger charge is 2.23. The van der Waals surface area contributed by atoms with Crippen LogP contribution in [-0.2, 0) is 9.53 Å². The number of esters is 1. The second-order valence-corrected chi connectivity index (χ2v) is 5.05. The predicted octanol–water partition coefficient (Wildman–Crippen LogP) is 3.31. The fourth-order valence-electron chi connectivity index (χ4n) is 2.79. The molecule has 2 aromatic heterocycles. The second-order valence-electron chi connectivity index (χ2n) is 5.05. The molecule has 4 nitrogen and oxygen atoms in total. The number of allylic oxidation sites excluding steroid dienone is 2. The van der Waals surface area contributed by atoms with Crippen molar-refractivity contribution in [2.45, 2.75) is 26.2 Å². The minimum Gasteiger partial charge on any atom is -0.466 e. The van der Waals surface area contributed by atoms with Crippen molar-refractivity contribution in [3.8, 4) is 0 Å². The summed E-state index contributed by atoms with van der Waals surface area (Å²) in [6.07, 6.45) is 8.44.